The van der Waals surface area contributed by atoms with Gasteiger partial charge in [0.25, 0.3) is 0 Å². The molecule has 0 heterocycles. The fourth-order valence-electron chi connectivity index (χ4n) is 3.31. The van der Waals surface area contributed by atoms with E-state index in [4.69, 9.17) is 9.47 Å². The molecular formula is C23H47FO2. The highest BCUT2D eigenvalue weighted by Gasteiger charge is 1.95. The van der Waals surface area contributed by atoms with Crippen LogP contribution in [0.15, 0.2) is 0 Å². The van der Waals surface area contributed by atoms with Gasteiger partial charge >= 0.3 is 0 Å². The molecule has 0 rings (SSSR count). The van der Waals surface area contributed by atoms with Crippen LogP contribution in [-0.4, -0.2) is 33.1 Å². The SMILES string of the molecule is CCCCCCCCCCCCCCCCCCCOCCOCC[18F]. The van der Waals surface area contributed by atoms with Crippen LogP contribution in [0.25, 0.3) is 0 Å². The number of hydrogen-bond donors (Lipinski definition) is 0. The Balaban J connectivity index is 2.95. The maximum Gasteiger partial charge on any atom is 0.113 e. The summed E-state index contributed by atoms with van der Waals surface area (Å²) in [4.78, 5) is 0. The van der Waals surface area contributed by atoms with Crippen molar-refractivity contribution in [2.45, 2.75) is 116 Å². The highest BCUT2D eigenvalue weighted by Crippen LogP contribution is 2.13. The van der Waals surface area contributed by atoms with Crippen LogP contribution in [0.3, 0.4) is 0 Å². The lowest BCUT2D eigenvalue weighted by Crippen LogP contribution is -2.06. The fourth-order valence-corrected chi connectivity index (χ4v) is 3.31. The van der Waals surface area contributed by atoms with Gasteiger partial charge in [0.2, 0.25) is 0 Å². The van der Waals surface area contributed by atoms with Gasteiger partial charge in [0.15, 0.2) is 0 Å². The molecule has 0 aromatic heterocycles. The van der Waals surface area contributed by atoms with Gasteiger partial charge in [-0.1, -0.05) is 110 Å². The molecule has 0 unspecified atom stereocenters. The van der Waals surface area contributed by atoms with Crippen LogP contribution in [0.4, 0.5) is 4.39 Å². The molecule has 0 spiro atoms. The van der Waals surface area contributed by atoms with E-state index in [1.165, 1.54) is 103 Å². The standard InChI is InChI=1S/C23H47FO2/c1-2-3-4-5-6-7-8-9-10-11-12-13-14-15-16-17-18-20-25-22-23-26-21-19-24/h2-23H2,1H3/i24-1. The van der Waals surface area contributed by atoms with Crippen molar-refractivity contribution in [1.29, 1.82) is 0 Å². The number of alkyl halides is 1. The van der Waals surface area contributed by atoms with Crippen LogP contribution in [-0.2, 0) is 9.47 Å². The highest BCUT2D eigenvalue weighted by atomic mass is 18.2. The molecule has 2 nitrogen and oxygen atoms in total. The quantitative estimate of drug-likeness (QED) is 0.171. The Labute approximate surface area is 163 Å². The largest absolute Gasteiger partial charge is 0.379 e. The Bertz CT molecular complexity index is 212. The third-order valence-corrected chi connectivity index (χ3v) is 4.99. The lowest BCUT2D eigenvalue weighted by molar-refractivity contribution is 0.0415. The van der Waals surface area contributed by atoms with Gasteiger partial charge in [-0.15, -0.1) is 0 Å². The molecule has 158 valence electrons. The molecular weight excluding hydrogens is 326 g/mol. The first-order valence-corrected chi connectivity index (χ1v) is 11.6. The van der Waals surface area contributed by atoms with Crippen molar-refractivity contribution in [1.82, 2.24) is 0 Å². The summed E-state index contributed by atoms with van der Waals surface area (Å²) >= 11 is 0. The van der Waals surface area contributed by atoms with Gasteiger partial charge in [-0.3, -0.25) is 0 Å². The van der Waals surface area contributed by atoms with E-state index in [1.807, 2.05) is 0 Å². The van der Waals surface area contributed by atoms with E-state index in [9.17, 15) is 4.39 Å². The summed E-state index contributed by atoms with van der Waals surface area (Å²) in [6, 6.07) is 0. The summed E-state index contributed by atoms with van der Waals surface area (Å²) in [7, 11) is 0. The second-order valence-electron chi connectivity index (χ2n) is 7.57. The Kier molecular flexibility index (Phi) is 24.7. The molecule has 0 aromatic carbocycles. The van der Waals surface area contributed by atoms with Gasteiger partial charge in [-0.25, -0.2) is 4.39 Å². The van der Waals surface area contributed by atoms with Gasteiger partial charge < -0.3 is 9.47 Å². The van der Waals surface area contributed by atoms with E-state index >= 15 is 0 Å². The van der Waals surface area contributed by atoms with Crippen molar-refractivity contribution in [3.05, 3.63) is 0 Å². The maximum absolute atomic E-state index is 11.8. The lowest BCUT2D eigenvalue weighted by Gasteiger charge is -2.05. The molecule has 0 aliphatic heterocycles. The van der Waals surface area contributed by atoms with Crippen LogP contribution in [0.1, 0.15) is 116 Å². The number of unbranched alkanes of at least 4 members (excludes halogenated alkanes) is 16. The molecule has 0 fully saturated rings. The first-order chi connectivity index (χ1) is 12.9. The van der Waals surface area contributed by atoms with Gasteiger partial charge in [-0.05, 0) is 6.42 Å². The second kappa shape index (κ2) is 24.8. The molecule has 0 bridgehead atoms. The molecule has 0 aliphatic rings. The minimum absolute atomic E-state index is 0.197. The summed E-state index contributed by atoms with van der Waals surface area (Å²) in [5, 5.41) is 0. The van der Waals surface area contributed by atoms with Gasteiger partial charge in [0.1, 0.15) is 6.67 Å². The van der Waals surface area contributed by atoms with E-state index < -0.39 is 6.67 Å². The smallest absolute Gasteiger partial charge is 0.113 e. The minimum Gasteiger partial charge on any atom is -0.379 e. The summed E-state index contributed by atoms with van der Waals surface area (Å²) in [5.74, 6) is 0. The molecule has 3 heteroatoms. The predicted octanol–water partition coefficient (Wildman–Crippen LogP) is 7.64. The first kappa shape index (κ1) is 25.9. The Morgan fingerprint density at radius 2 is 0.769 bits per heavy atom. The predicted molar refractivity (Wildman–Crippen MR) is 112 cm³/mol. The van der Waals surface area contributed by atoms with Crippen LogP contribution >= 0.6 is 0 Å². The monoisotopic (exact) mass is 373 g/mol. The summed E-state index contributed by atoms with van der Waals surface area (Å²) < 4.78 is 22.3. The number of ether oxygens (including phenoxy) is 2. The van der Waals surface area contributed by atoms with Crippen molar-refractivity contribution in [3.63, 3.8) is 0 Å². The topological polar surface area (TPSA) is 18.5 Å². The van der Waals surface area contributed by atoms with Crippen LogP contribution in [0, 0.1) is 0 Å². The molecule has 26 heavy (non-hydrogen) atoms. The van der Waals surface area contributed by atoms with E-state index in [0.29, 0.717) is 13.2 Å². The van der Waals surface area contributed by atoms with Crippen molar-refractivity contribution in [3.8, 4) is 0 Å². The Morgan fingerprint density at radius 1 is 0.423 bits per heavy atom. The molecule has 0 radical (unpaired) electrons. The first-order valence-electron chi connectivity index (χ1n) is 11.6. The zero-order chi connectivity index (χ0) is 19.0. The highest BCUT2D eigenvalue weighted by molar-refractivity contribution is 4.50. The number of hydrogen-bond acceptors (Lipinski definition) is 2. The molecule has 0 saturated heterocycles. The Morgan fingerprint density at radius 3 is 1.15 bits per heavy atom. The van der Waals surface area contributed by atoms with Gasteiger partial charge in [-0.2, -0.15) is 0 Å². The van der Waals surface area contributed by atoms with Crippen LogP contribution in [0.2, 0.25) is 0 Å². The summed E-state index contributed by atoms with van der Waals surface area (Å²) in [6.45, 7) is 4.01. The lowest BCUT2D eigenvalue weighted by atomic mass is 10.0. The van der Waals surface area contributed by atoms with E-state index in [1.54, 1.807) is 0 Å². The number of rotatable bonds is 23. The molecule has 0 atom stereocenters. The molecule has 0 aromatic rings. The average molecular weight is 374 g/mol. The summed E-state index contributed by atoms with van der Waals surface area (Å²) in [6.07, 6.45) is 23.7. The van der Waals surface area contributed by atoms with Crippen LogP contribution in [0.5, 0.6) is 0 Å². The van der Waals surface area contributed by atoms with Crippen molar-refractivity contribution in [2.75, 3.05) is 33.1 Å². The second-order valence-corrected chi connectivity index (χ2v) is 7.57. The molecule has 0 N–H and O–H groups in total. The van der Waals surface area contributed by atoms with Crippen molar-refractivity contribution < 1.29 is 13.9 Å². The zero-order valence-corrected chi connectivity index (χ0v) is 17.8. The average Bonchev–Trinajstić information content (AvgIpc) is 2.66. The summed E-state index contributed by atoms with van der Waals surface area (Å²) in [5.41, 5.74) is 0. The van der Waals surface area contributed by atoms with Gasteiger partial charge in [0.05, 0.1) is 19.8 Å². The van der Waals surface area contributed by atoms with Crippen LogP contribution < -0.4 is 0 Å². The zero-order valence-electron chi connectivity index (χ0n) is 17.8. The minimum atomic E-state index is -0.404. The van der Waals surface area contributed by atoms with E-state index in [-0.39, 0.29) is 6.61 Å². The van der Waals surface area contributed by atoms with Crippen molar-refractivity contribution >= 4 is 0 Å². The molecule has 0 saturated carbocycles. The molecule has 0 aliphatic carbocycles. The Hall–Kier alpha value is -0.150. The van der Waals surface area contributed by atoms with Crippen molar-refractivity contribution in [2.24, 2.45) is 0 Å². The third-order valence-electron chi connectivity index (χ3n) is 4.99. The normalized spacial score (nSPS) is 11.3. The number of halogens is 1. The third kappa shape index (κ3) is 23.9. The van der Waals surface area contributed by atoms with E-state index in [0.717, 1.165) is 13.0 Å². The maximum atomic E-state index is 11.8. The van der Waals surface area contributed by atoms with Gasteiger partial charge in [0, 0.05) is 6.61 Å². The van der Waals surface area contributed by atoms with E-state index in [2.05, 4.69) is 6.92 Å². The molecule has 0 amide bonds. The fraction of sp³-hybridized carbons (Fsp3) is 1.00.